The summed E-state index contributed by atoms with van der Waals surface area (Å²) in [6.45, 7) is 3.44. The van der Waals surface area contributed by atoms with Gasteiger partial charge in [0, 0.05) is 0 Å². The van der Waals surface area contributed by atoms with Crippen LogP contribution < -0.4 is 5.32 Å². The Morgan fingerprint density at radius 1 is 1.36 bits per heavy atom. The molecule has 0 saturated heterocycles. The highest BCUT2D eigenvalue weighted by molar-refractivity contribution is 4.91. The molecule has 82 valence electrons. The molecule has 1 fully saturated rings. The van der Waals surface area contributed by atoms with E-state index in [9.17, 15) is 0 Å². The third-order valence-electron chi connectivity index (χ3n) is 3.37. The first-order valence-electron chi connectivity index (χ1n) is 6.18. The number of allylic oxidation sites excluding steroid dienone is 1. The summed E-state index contributed by atoms with van der Waals surface area (Å²) in [5.41, 5.74) is 0. The number of rotatable bonds is 5. The minimum atomic E-state index is 0.880. The molecule has 1 heteroatoms. The minimum Gasteiger partial charge on any atom is -0.319 e. The second kappa shape index (κ2) is 7.05. The second-order valence-corrected chi connectivity index (χ2v) is 4.52. The van der Waals surface area contributed by atoms with Gasteiger partial charge in [-0.2, -0.15) is 0 Å². The summed E-state index contributed by atoms with van der Waals surface area (Å²) in [5.74, 6) is 1.88. The lowest BCUT2D eigenvalue weighted by Crippen LogP contribution is -2.13. The molecular formula is C13H25N. The molecule has 1 aliphatic rings. The summed E-state index contributed by atoms with van der Waals surface area (Å²) < 4.78 is 0. The summed E-state index contributed by atoms with van der Waals surface area (Å²) in [4.78, 5) is 0. The maximum absolute atomic E-state index is 3.17. The summed E-state index contributed by atoms with van der Waals surface area (Å²) in [5, 5.41) is 3.17. The van der Waals surface area contributed by atoms with E-state index in [-0.39, 0.29) is 0 Å². The first kappa shape index (κ1) is 11.8. The van der Waals surface area contributed by atoms with E-state index >= 15 is 0 Å². The Morgan fingerprint density at radius 3 is 2.93 bits per heavy atom. The molecule has 0 radical (unpaired) electrons. The van der Waals surface area contributed by atoms with Crippen molar-refractivity contribution >= 4 is 0 Å². The highest BCUT2D eigenvalue weighted by Crippen LogP contribution is 2.31. The van der Waals surface area contributed by atoms with E-state index in [2.05, 4.69) is 24.4 Å². The maximum atomic E-state index is 3.17. The van der Waals surface area contributed by atoms with Crippen LogP contribution >= 0.6 is 0 Å². The number of hydrogen-bond acceptors (Lipinski definition) is 1. The number of hydrogen-bond donors (Lipinski definition) is 1. The molecule has 0 spiro atoms. The van der Waals surface area contributed by atoms with Crippen LogP contribution in [0.3, 0.4) is 0 Å². The van der Waals surface area contributed by atoms with Gasteiger partial charge < -0.3 is 5.32 Å². The van der Waals surface area contributed by atoms with Crippen molar-refractivity contribution in [2.24, 2.45) is 11.8 Å². The Hall–Kier alpha value is -0.300. The maximum Gasteiger partial charge on any atom is -0.00173 e. The highest BCUT2D eigenvalue weighted by atomic mass is 14.8. The Kier molecular flexibility index (Phi) is 5.93. The minimum absolute atomic E-state index is 0.880. The fraction of sp³-hybridized carbons (Fsp3) is 0.846. The molecule has 0 heterocycles. The van der Waals surface area contributed by atoms with Gasteiger partial charge in [0.1, 0.15) is 0 Å². The second-order valence-electron chi connectivity index (χ2n) is 4.52. The van der Waals surface area contributed by atoms with Gasteiger partial charge in [-0.1, -0.05) is 38.3 Å². The highest BCUT2D eigenvalue weighted by Gasteiger charge is 2.18. The van der Waals surface area contributed by atoms with Crippen molar-refractivity contribution in [3.63, 3.8) is 0 Å². The lowest BCUT2D eigenvalue weighted by Gasteiger charge is -2.26. The molecule has 1 N–H and O–H groups in total. The van der Waals surface area contributed by atoms with Crippen LogP contribution in [0.25, 0.3) is 0 Å². The molecule has 1 aliphatic carbocycles. The van der Waals surface area contributed by atoms with Crippen LogP contribution in [-0.4, -0.2) is 13.6 Å². The Balaban J connectivity index is 2.19. The van der Waals surface area contributed by atoms with Crippen molar-refractivity contribution in [1.82, 2.24) is 5.32 Å². The molecule has 0 aromatic carbocycles. The van der Waals surface area contributed by atoms with E-state index in [0.717, 1.165) is 18.4 Å². The van der Waals surface area contributed by atoms with Crippen LogP contribution in [-0.2, 0) is 0 Å². The largest absolute Gasteiger partial charge is 0.319 e. The summed E-state index contributed by atoms with van der Waals surface area (Å²) >= 11 is 0. The fourth-order valence-electron chi connectivity index (χ4n) is 2.39. The summed E-state index contributed by atoms with van der Waals surface area (Å²) in [7, 11) is 2.02. The van der Waals surface area contributed by atoms with Gasteiger partial charge in [-0.3, -0.25) is 0 Å². The molecular weight excluding hydrogens is 170 g/mol. The van der Waals surface area contributed by atoms with Crippen LogP contribution in [0, 0.1) is 11.8 Å². The monoisotopic (exact) mass is 195 g/mol. The normalized spacial score (nSPS) is 28.4. The molecule has 2 atom stereocenters. The van der Waals surface area contributed by atoms with Crippen LogP contribution in [0.5, 0.6) is 0 Å². The lowest BCUT2D eigenvalue weighted by atomic mass is 9.80. The Labute approximate surface area is 89.0 Å². The third kappa shape index (κ3) is 4.28. The smallest absolute Gasteiger partial charge is 0.00173 e. The molecule has 2 unspecified atom stereocenters. The van der Waals surface area contributed by atoms with E-state index in [0.29, 0.717) is 0 Å². The van der Waals surface area contributed by atoms with Gasteiger partial charge in [0.05, 0.1) is 0 Å². The van der Waals surface area contributed by atoms with Crippen LogP contribution in [0.1, 0.15) is 45.4 Å². The topological polar surface area (TPSA) is 12.0 Å². The van der Waals surface area contributed by atoms with E-state index in [4.69, 9.17) is 0 Å². The SMILES string of the molecule is CCC1CCCC(/C=C/CCNC)C1. The van der Waals surface area contributed by atoms with Crippen molar-refractivity contribution in [3.8, 4) is 0 Å². The third-order valence-corrected chi connectivity index (χ3v) is 3.37. The predicted octanol–water partition coefficient (Wildman–Crippen LogP) is 3.37. The van der Waals surface area contributed by atoms with E-state index < -0.39 is 0 Å². The van der Waals surface area contributed by atoms with Gasteiger partial charge in [0.2, 0.25) is 0 Å². The molecule has 1 rings (SSSR count). The molecule has 0 aromatic heterocycles. The van der Waals surface area contributed by atoms with Crippen molar-refractivity contribution < 1.29 is 0 Å². The first-order valence-corrected chi connectivity index (χ1v) is 6.18. The fourth-order valence-corrected chi connectivity index (χ4v) is 2.39. The van der Waals surface area contributed by atoms with Crippen molar-refractivity contribution in [2.75, 3.05) is 13.6 Å². The zero-order chi connectivity index (χ0) is 10.2. The Bertz CT molecular complexity index is 163. The molecule has 0 aromatic rings. The quantitative estimate of drug-likeness (QED) is 0.524. The van der Waals surface area contributed by atoms with Gasteiger partial charge in [-0.15, -0.1) is 0 Å². The van der Waals surface area contributed by atoms with E-state index in [1.54, 1.807) is 0 Å². The zero-order valence-corrected chi connectivity index (χ0v) is 9.76. The first-order chi connectivity index (χ1) is 6.86. The molecule has 14 heavy (non-hydrogen) atoms. The molecule has 0 aliphatic heterocycles. The molecule has 0 amide bonds. The van der Waals surface area contributed by atoms with Crippen LogP contribution in [0.15, 0.2) is 12.2 Å². The Morgan fingerprint density at radius 2 is 2.21 bits per heavy atom. The molecule has 0 bridgehead atoms. The van der Waals surface area contributed by atoms with E-state index in [1.807, 2.05) is 7.05 Å². The molecule has 1 nitrogen and oxygen atoms in total. The van der Waals surface area contributed by atoms with Crippen molar-refractivity contribution in [3.05, 3.63) is 12.2 Å². The predicted molar refractivity (Wildman–Crippen MR) is 63.4 cm³/mol. The summed E-state index contributed by atoms with van der Waals surface area (Å²) in [6.07, 6.45) is 13.2. The van der Waals surface area contributed by atoms with Crippen molar-refractivity contribution in [2.45, 2.75) is 45.4 Å². The van der Waals surface area contributed by atoms with Gasteiger partial charge in [0.15, 0.2) is 0 Å². The summed E-state index contributed by atoms with van der Waals surface area (Å²) in [6, 6.07) is 0. The molecule has 1 saturated carbocycles. The van der Waals surface area contributed by atoms with Gasteiger partial charge in [0.25, 0.3) is 0 Å². The standard InChI is InChI=1S/C13H25N/c1-3-12-8-6-9-13(11-12)7-4-5-10-14-2/h4,7,12-14H,3,5-6,8-11H2,1-2H3/b7-4+. The number of nitrogens with one attached hydrogen (secondary N) is 1. The van der Waals surface area contributed by atoms with Gasteiger partial charge >= 0.3 is 0 Å². The van der Waals surface area contributed by atoms with Crippen LogP contribution in [0.2, 0.25) is 0 Å². The average molecular weight is 195 g/mol. The van der Waals surface area contributed by atoms with Gasteiger partial charge in [-0.25, -0.2) is 0 Å². The van der Waals surface area contributed by atoms with Crippen molar-refractivity contribution in [1.29, 1.82) is 0 Å². The van der Waals surface area contributed by atoms with E-state index in [1.165, 1.54) is 38.5 Å². The average Bonchev–Trinajstić information content (AvgIpc) is 2.25. The lowest BCUT2D eigenvalue weighted by molar-refractivity contribution is 0.297. The zero-order valence-electron chi connectivity index (χ0n) is 9.76. The van der Waals surface area contributed by atoms with Gasteiger partial charge in [-0.05, 0) is 44.7 Å². The van der Waals surface area contributed by atoms with Crippen LogP contribution in [0.4, 0.5) is 0 Å².